The van der Waals surface area contributed by atoms with E-state index in [0.717, 1.165) is 57.3 Å². The van der Waals surface area contributed by atoms with E-state index < -0.39 is 0 Å². The molecule has 7 heteroatoms. The van der Waals surface area contributed by atoms with Crippen molar-refractivity contribution in [1.82, 2.24) is 20.4 Å². The number of ether oxygens (including phenoxy) is 1. The van der Waals surface area contributed by atoms with Crippen molar-refractivity contribution >= 4 is 11.9 Å². The minimum Gasteiger partial charge on any atom is -0.497 e. The molecule has 0 bridgehead atoms. The number of hydrogen-bond acceptors (Lipinski definition) is 4. The molecule has 1 heterocycles. The van der Waals surface area contributed by atoms with Gasteiger partial charge in [0.05, 0.1) is 13.7 Å². The summed E-state index contributed by atoms with van der Waals surface area (Å²) in [5, 5.41) is 6.61. The zero-order valence-electron chi connectivity index (χ0n) is 18.2. The Morgan fingerprint density at radius 3 is 2.59 bits per heavy atom. The van der Waals surface area contributed by atoms with Gasteiger partial charge in [-0.15, -0.1) is 0 Å². The summed E-state index contributed by atoms with van der Waals surface area (Å²) in [7, 11) is 3.53. The molecule has 2 N–H and O–H groups in total. The Hall–Kier alpha value is -2.28. The molecule has 2 fully saturated rings. The average Bonchev–Trinajstić information content (AvgIpc) is 3.53. The van der Waals surface area contributed by atoms with E-state index in [1.165, 1.54) is 5.56 Å². The van der Waals surface area contributed by atoms with E-state index in [1.807, 2.05) is 19.2 Å². The molecule has 0 spiro atoms. The van der Waals surface area contributed by atoms with E-state index in [9.17, 15) is 4.79 Å². The number of aliphatic imine (C=N–C) groups is 1. The van der Waals surface area contributed by atoms with Crippen molar-refractivity contribution in [1.29, 1.82) is 0 Å². The highest BCUT2D eigenvalue weighted by molar-refractivity contribution is 5.80. The lowest BCUT2D eigenvalue weighted by Gasteiger charge is -2.37. The van der Waals surface area contributed by atoms with Crippen molar-refractivity contribution in [2.45, 2.75) is 38.1 Å². The highest BCUT2D eigenvalue weighted by atomic mass is 16.5. The van der Waals surface area contributed by atoms with Gasteiger partial charge >= 0.3 is 0 Å². The van der Waals surface area contributed by atoms with Crippen molar-refractivity contribution in [3.05, 3.63) is 29.8 Å². The Balaban J connectivity index is 1.48. The fourth-order valence-corrected chi connectivity index (χ4v) is 3.60. The van der Waals surface area contributed by atoms with Gasteiger partial charge in [-0.05, 0) is 30.5 Å². The Labute approximate surface area is 174 Å². The molecule has 29 heavy (non-hydrogen) atoms. The monoisotopic (exact) mass is 401 g/mol. The number of rotatable bonds is 7. The van der Waals surface area contributed by atoms with Crippen molar-refractivity contribution in [3.63, 3.8) is 0 Å². The number of nitrogens with one attached hydrogen (secondary N) is 2. The van der Waals surface area contributed by atoms with E-state index in [4.69, 9.17) is 4.74 Å². The molecule has 1 aliphatic carbocycles. The summed E-state index contributed by atoms with van der Waals surface area (Å²) in [6.45, 7) is 9.20. The lowest BCUT2D eigenvalue weighted by molar-refractivity contribution is -0.122. The largest absolute Gasteiger partial charge is 0.497 e. The number of carbonyl (C=O) groups excluding carboxylic acids is 1. The van der Waals surface area contributed by atoms with Crippen molar-refractivity contribution in [3.8, 4) is 5.75 Å². The topological polar surface area (TPSA) is 69.2 Å². The summed E-state index contributed by atoms with van der Waals surface area (Å²) in [6.07, 6.45) is 2.27. The Morgan fingerprint density at radius 1 is 1.24 bits per heavy atom. The van der Waals surface area contributed by atoms with Crippen LogP contribution in [0.15, 0.2) is 29.3 Å². The van der Waals surface area contributed by atoms with Crippen LogP contribution in [0.25, 0.3) is 0 Å². The maximum Gasteiger partial charge on any atom is 0.234 e. The summed E-state index contributed by atoms with van der Waals surface area (Å²) in [5.74, 6) is 1.95. The van der Waals surface area contributed by atoms with Crippen LogP contribution in [-0.2, 0) is 10.2 Å². The van der Waals surface area contributed by atoms with Crippen molar-refractivity contribution in [2.75, 3.05) is 53.4 Å². The van der Waals surface area contributed by atoms with E-state index in [1.54, 1.807) is 7.11 Å². The number of nitrogens with zero attached hydrogens (tertiary/aromatic N) is 3. The van der Waals surface area contributed by atoms with Crippen molar-refractivity contribution in [2.24, 2.45) is 4.99 Å². The molecule has 1 aromatic rings. The fraction of sp³-hybridized carbons (Fsp3) is 0.636. The van der Waals surface area contributed by atoms with E-state index in [0.29, 0.717) is 12.6 Å². The van der Waals surface area contributed by atoms with Gasteiger partial charge in [0.25, 0.3) is 0 Å². The second kappa shape index (κ2) is 9.48. The van der Waals surface area contributed by atoms with Crippen LogP contribution in [0.2, 0.25) is 0 Å². The summed E-state index contributed by atoms with van der Waals surface area (Å²) < 4.78 is 5.37. The second-order valence-corrected chi connectivity index (χ2v) is 8.62. The zero-order chi connectivity index (χ0) is 20.9. The third-order valence-corrected chi connectivity index (χ3v) is 5.73. The number of benzene rings is 1. The Morgan fingerprint density at radius 2 is 1.97 bits per heavy atom. The maximum atomic E-state index is 12.0. The van der Waals surface area contributed by atoms with Crippen molar-refractivity contribution < 1.29 is 9.53 Å². The third-order valence-electron chi connectivity index (χ3n) is 5.73. The lowest BCUT2D eigenvalue weighted by Crippen LogP contribution is -2.55. The van der Waals surface area contributed by atoms with Gasteiger partial charge < -0.3 is 20.3 Å². The molecular weight excluding hydrogens is 366 g/mol. The average molecular weight is 402 g/mol. The normalized spacial score (nSPS) is 18.5. The Bertz CT molecular complexity index is 722. The van der Waals surface area contributed by atoms with Gasteiger partial charge in [0, 0.05) is 51.2 Å². The van der Waals surface area contributed by atoms with Crippen LogP contribution in [0, 0.1) is 0 Å². The van der Waals surface area contributed by atoms with Gasteiger partial charge in [0.2, 0.25) is 5.91 Å². The predicted molar refractivity (Wildman–Crippen MR) is 117 cm³/mol. The molecule has 1 aromatic carbocycles. The van der Waals surface area contributed by atoms with E-state index in [2.05, 4.69) is 51.4 Å². The molecule has 0 atom stereocenters. The number of carbonyl (C=O) groups is 1. The molecule has 1 aliphatic heterocycles. The summed E-state index contributed by atoms with van der Waals surface area (Å²) >= 11 is 0. The van der Waals surface area contributed by atoms with E-state index >= 15 is 0 Å². The van der Waals surface area contributed by atoms with Crippen LogP contribution in [0.4, 0.5) is 0 Å². The lowest BCUT2D eigenvalue weighted by atomic mass is 9.84. The number of hydrogen-bond donors (Lipinski definition) is 2. The standard InChI is InChI=1S/C22H35N5O2/c1-22(2,17-6-5-7-19(14-17)29-4)16-24-21(23-3)27-12-10-26(11-13-27)15-20(28)25-18-8-9-18/h5-7,14,18H,8-13,15-16H2,1-4H3,(H,23,24)(H,25,28). The molecule has 0 unspecified atom stereocenters. The number of amides is 1. The van der Waals surface area contributed by atoms with Crippen LogP contribution in [0.3, 0.4) is 0 Å². The first-order valence-electron chi connectivity index (χ1n) is 10.5. The smallest absolute Gasteiger partial charge is 0.234 e. The second-order valence-electron chi connectivity index (χ2n) is 8.62. The molecule has 7 nitrogen and oxygen atoms in total. The van der Waals surface area contributed by atoms with Gasteiger partial charge in [0.1, 0.15) is 5.75 Å². The highest BCUT2D eigenvalue weighted by Crippen LogP contribution is 2.26. The molecule has 0 aromatic heterocycles. The first-order chi connectivity index (χ1) is 13.9. The van der Waals surface area contributed by atoms with Crippen LogP contribution in [-0.4, -0.2) is 81.1 Å². The minimum absolute atomic E-state index is 0.0623. The van der Waals surface area contributed by atoms with Crippen LogP contribution >= 0.6 is 0 Å². The minimum atomic E-state index is -0.0623. The number of methoxy groups -OCH3 is 1. The molecular formula is C22H35N5O2. The van der Waals surface area contributed by atoms with Crippen LogP contribution in [0.1, 0.15) is 32.3 Å². The maximum absolute atomic E-state index is 12.0. The molecule has 3 rings (SSSR count). The predicted octanol–water partition coefficient (Wildman–Crippen LogP) is 1.44. The van der Waals surface area contributed by atoms with Gasteiger partial charge in [0.15, 0.2) is 5.96 Å². The third kappa shape index (κ3) is 6.10. The van der Waals surface area contributed by atoms with Gasteiger partial charge in [-0.3, -0.25) is 14.7 Å². The molecule has 1 saturated heterocycles. The van der Waals surface area contributed by atoms with Gasteiger partial charge in [-0.1, -0.05) is 26.0 Å². The number of piperazine rings is 1. The van der Waals surface area contributed by atoms with Crippen LogP contribution < -0.4 is 15.4 Å². The molecule has 2 aliphatic rings. The first-order valence-corrected chi connectivity index (χ1v) is 10.5. The number of guanidine groups is 1. The quantitative estimate of drug-likeness (QED) is 0.535. The summed E-state index contributed by atoms with van der Waals surface area (Å²) in [6, 6.07) is 8.66. The van der Waals surface area contributed by atoms with Crippen LogP contribution in [0.5, 0.6) is 5.75 Å². The molecule has 1 saturated carbocycles. The molecule has 1 amide bonds. The zero-order valence-corrected chi connectivity index (χ0v) is 18.2. The summed E-state index contributed by atoms with van der Waals surface area (Å²) in [4.78, 5) is 21.0. The van der Waals surface area contributed by atoms with E-state index in [-0.39, 0.29) is 11.3 Å². The van der Waals surface area contributed by atoms with Gasteiger partial charge in [-0.2, -0.15) is 0 Å². The van der Waals surface area contributed by atoms with Gasteiger partial charge in [-0.25, -0.2) is 0 Å². The molecule has 160 valence electrons. The SMILES string of the molecule is CN=C(NCC(C)(C)c1cccc(OC)c1)N1CCN(CC(=O)NC2CC2)CC1. The Kier molecular flexibility index (Phi) is 7.00. The highest BCUT2D eigenvalue weighted by Gasteiger charge is 2.27. The summed E-state index contributed by atoms with van der Waals surface area (Å²) in [5.41, 5.74) is 1.17. The first kappa shape index (κ1) is 21.4. The molecule has 0 radical (unpaired) electrons. The fourth-order valence-electron chi connectivity index (χ4n) is 3.60.